The van der Waals surface area contributed by atoms with Gasteiger partial charge >= 0.3 is 0 Å². The van der Waals surface area contributed by atoms with Gasteiger partial charge in [0, 0.05) is 38.8 Å². The summed E-state index contributed by atoms with van der Waals surface area (Å²) in [7, 11) is 1.80. The van der Waals surface area contributed by atoms with Crippen molar-refractivity contribution in [1.29, 1.82) is 0 Å². The van der Waals surface area contributed by atoms with Gasteiger partial charge < -0.3 is 14.8 Å². The van der Waals surface area contributed by atoms with Crippen molar-refractivity contribution in [1.82, 2.24) is 10.2 Å². The molecule has 0 saturated carbocycles. The van der Waals surface area contributed by atoms with Gasteiger partial charge in [-0.05, 0) is 20.3 Å². The topological polar surface area (TPSA) is 33.7 Å². The summed E-state index contributed by atoms with van der Waals surface area (Å²) in [5, 5.41) is 3.53. The third-order valence-electron chi connectivity index (χ3n) is 3.71. The van der Waals surface area contributed by atoms with Crippen LogP contribution in [0.4, 0.5) is 0 Å². The number of nitrogens with one attached hydrogen (secondary N) is 1. The van der Waals surface area contributed by atoms with Crippen molar-refractivity contribution in [3.63, 3.8) is 0 Å². The number of ether oxygens (including phenoxy) is 2. The van der Waals surface area contributed by atoms with Gasteiger partial charge in [-0.2, -0.15) is 0 Å². The summed E-state index contributed by atoms with van der Waals surface area (Å²) in [6.07, 6.45) is 1.91. The van der Waals surface area contributed by atoms with Crippen LogP contribution in [0.1, 0.15) is 20.3 Å². The minimum atomic E-state index is 0.371. The smallest absolute Gasteiger partial charge is 0.0711 e. The lowest BCUT2D eigenvalue weighted by Crippen LogP contribution is -2.51. The highest BCUT2D eigenvalue weighted by molar-refractivity contribution is 4.87. The lowest BCUT2D eigenvalue weighted by Gasteiger charge is -2.38. The molecule has 0 bridgehead atoms. The molecule has 0 aliphatic carbocycles. The van der Waals surface area contributed by atoms with Gasteiger partial charge in [0.15, 0.2) is 0 Å². The fraction of sp³-hybridized carbons (Fsp3) is 1.00. The molecule has 4 atom stereocenters. The molecule has 4 nitrogen and oxygen atoms in total. The summed E-state index contributed by atoms with van der Waals surface area (Å²) in [6.45, 7) is 8.43. The first-order valence-corrected chi connectivity index (χ1v) is 6.31. The number of hydrogen-bond donors (Lipinski definition) is 1. The van der Waals surface area contributed by atoms with Gasteiger partial charge in [-0.1, -0.05) is 0 Å². The second kappa shape index (κ2) is 5.45. The van der Waals surface area contributed by atoms with Crippen molar-refractivity contribution in [2.24, 2.45) is 0 Å². The Morgan fingerprint density at radius 3 is 2.94 bits per heavy atom. The predicted octanol–water partition coefficient (Wildman–Crippen LogP) is 0.473. The molecule has 2 heterocycles. The molecule has 4 unspecified atom stereocenters. The van der Waals surface area contributed by atoms with Crippen LogP contribution in [-0.4, -0.2) is 62.5 Å². The van der Waals surface area contributed by atoms with Crippen LogP contribution in [0.5, 0.6) is 0 Å². The van der Waals surface area contributed by atoms with Crippen LogP contribution >= 0.6 is 0 Å². The highest BCUT2D eigenvalue weighted by Crippen LogP contribution is 2.16. The Labute approximate surface area is 98.3 Å². The first kappa shape index (κ1) is 12.3. The zero-order valence-corrected chi connectivity index (χ0v) is 10.6. The van der Waals surface area contributed by atoms with Crippen LogP contribution in [0.15, 0.2) is 0 Å². The minimum Gasteiger partial charge on any atom is -0.380 e. The van der Waals surface area contributed by atoms with Crippen molar-refractivity contribution < 1.29 is 9.47 Å². The normalized spacial score (nSPS) is 41.4. The molecule has 0 aromatic rings. The van der Waals surface area contributed by atoms with Crippen LogP contribution in [0.3, 0.4) is 0 Å². The van der Waals surface area contributed by atoms with Gasteiger partial charge in [0.25, 0.3) is 0 Å². The zero-order valence-electron chi connectivity index (χ0n) is 10.6. The number of morpholine rings is 1. The van der Waals surface area contributed by atoms with Crippen LogP contribution in [-0.2, 0) is 9.47 Å². The van der Waals surface area contributed by atoms with E-state index in [1.165, 1.54) is 0 Å². The molecule has 0 aromatic heterocycles. The second-order valence-electron chi connectivity index (χ2n) is 5.15. The van der Waals surface area contributed by atoms with E-state index in [2.05, 4.69) is 24.1 Å². The SMILES string of the molecule is COC1CNC(CN2CC(C)OCC2C)C1. The average molecular weight is 228 g/mol. The fourth-order valence-electron chi connectivity index (χ4n) is 2.61. The van der Waals surface area contributed by atoms with E-state index >= 15 is 0 Å². The minimum absolute atomic E-state index is 0.371. The molecule has 4 heteroatoms. The zero-order chi connectivity index (χ0) is 11.5. The van der Waals surface area contributed by atoms with Gasteiger partial charge in [0.05, 0.1) is 18.8 Å². The molecule has 2 saturated heterocycles. The quantitative estimate of drug-likeness (QED) is 0.761. The van der Waals surface area contributed by atoms with E-state index in [0.717, 1.165) is 32.7 Å². The van der Waals surface area contributed by atoms with E-state index < -0.39 is 0 Å². The van der Waals surface area contributed by atoms with E-state index in [0.29, 0.717) is 24.3 Å². The summed E-state index contributed by atoms with van der Waals surface area (Å²) < 4.78 is 11.0. The van der Waals surface area contributed by atoms with E-state index in [-0.39, 0.29) is 0 Å². The Morgan fingerprint density at radius 1 is 1.44 bits per heavy atom. The number of nitrogens with zero attached hydrogens (tertiary/aromatic N) is 1. The molecule has 0 amide bonds. The summed E-state index contributed by atoms with van der Waals surface area (Å²) in [4.78, 5) is 2.53. The van der Waals surface area contributed by atoms with Crippen molar-refractivity contribution in [2.45, 2.75) is 44.6 Å². The Bertz CT molecular complexity index is 225. The maximum absolute atomic E-state index is 5.64. The van der Waals surface area contributed by atoms with Crippen LogP contribution in [0.2, 0.25) is 0 Å². The van der Waals surface area contributed by atoms with E-state index in [1.807, 2.05) is 0 Å². The van der Waals surface area contributed by atoms with Crippen molar-refractivity contribution >= 4 is 0 Å². The average Bonchev–Trinajstić information content (AvgIpc) is 2.71. The maximum Gasteiger partial charge on any atom is 0.0711 e. The van der Waals surface area contributed by atoms with E-state index in [4.69, 9.17) is 9.47 Å². The Morgan fingerprint density at radius 2 is 2.25 bits per heavy atom. The Kier molecular flexibility index (Phi) is 4.19. The molecule has 2 aliphatic heterocycles. The van der Waals surface area contributed by atoms with Crippen molar-refractivity contribution in [3.8, 4) is 0 Å². The maximum atomic E-state index is 5.64. The largest absolute Gasteiger partial charge is 0.380 e. The first-order chi connectivity index (χ1) is 7.69. The van der Waals surface area contributed by atoms with Gasteiger partial charge in [-0.3, -0.25) is 4.90 Å². The lowest BCUT2D eigenvalue weighted by atomic mass is 10.1. The lowest BCUT2D eigenvalue weighted by molar-refractivity contribution is -0.0517. The van der Waals surface area contributed by atoms with Gasteiger partial charge in [-0.15, -0.1) is 0 Å². The third kappa shape index (κ3) is 2.94. The molecule has 1 N–H and O–H groups in total. The van der Waals surface area contributed by atoms with Gasteiger partial charge in [0.2, 0.25) is 0 Å². The molecule has 2 fully saturated rings. The molecule has 2 rings (SSSR count). The van der Waals surface area contributed by atoms with Gasteiger partial charge in [0.1, 0.15) is 0 Å². The third-order valence-corrected chi connectivity index (χ3v) is 3.71. The van der Waals surface area contributed by atoms with Crippen LogP contribution < -0.4 is 5.32 Å². The molecular formula is C12H24N2O2. The highest BCUT2D eigenvalue weighted by Gasteiger charge is 2.29. The second-order valence-corrected chi connectivity index (χ2v) is 5.15. The molecular weight excluding hydrogens is 204 g/mol. The Hall–Kier alpha value is -0.160. The first-order valence-electron chi connectivity index (χ1n) is 6.31. The van der Waals surface area contributed by atoms with Crippen molar-refractivity contribution in [2.75, 3.05) is 33.4 Å². The summed E-state index contributed by atoms with van der Waals surface area (Å²) in [6, 6.07) is 1.12. The van der Waals surface area contributed by atoms with Gasteiger partial charge in [-0.25, -0.2) is 0 Å². The standard InChI is InChI=1S/C12H24N2O2/c1-9-8-16-10(2)6-14(9)7-11-4-12(15-3)5-13-11/h9-13H,4-8H2,1-3H3. The number of hydrogen-bond acceptors (Lipinski definition) is 4. The molecule has 2 aliphatic rings. The molecule has 0 spiro atoms. The fourth-order valence-corrected chi connectivity index (χ4v) is 2.61. The highest BCUT2D eigenvalue weighted by atomic mass is 16.5. The molecule has 0 aromatic carbocycles. The summed E-state index contributed by atoms with van der Waals surface area (Å²) in [5.74, 6) is 0. The number of methoxy groups -OCH3 is 1. The predicted molar refractivity (Wildman–Crippen MR) is 63.7 cm³/mol. The van der Waals surface area contributed by atoms with Crippen molar-refractivity contribution in [3.05, 3.63) is 0 Å². The van der Waals surface area contributed by atoms with E-state index in [9.17, 15) is 0 Å². The monoisotopic (exact) mass is 228 g/mol. The Balaban J connectivity index is 1.80. The number of rotatable bonds is 3. The molecule has 0 radical (unpaired) electrons. The molecule has 16 heavy (non-hydrogen) atoms. The summed E-state index contributed by atoms with van der Waals surface area (Å²) in [5.41, 5.74) is 0. The van der Waals surface area contributed by atoms with E-state index in [1.54, 1.807) is 7.11 Å². The molecule has 94 valence electrons. The summed E-state index contributed by atoms with van der Waals surface area (Å²) >= 11 is 0. The van der Waals surface area contributed by atoms with Crippen LogP contribution in [0.25, 0.3) is 0 Å². The van der Waals surface area contributed by atoms with Crippen LogP contribution in [0, 0.1) is 0 Å².